The molecule has 1 saturated heterocycles. The lowest BCUT2D eigenvalue weighted by Gasteiger charge is -2.28. The Balaban J connectivity index is 1.86. The van der Waals surface area contributed by atoms with E-state index in [1.807, 2.05) is 0 Å². The summed E-state index contributed by atoms with van der Waals surface area (Å²) in [5, 5.41) is 6.69. The van der Waals surface area contributed by atoms with E-state index in [-0.39, 0.29) is 0 Å². The van der Waals surface area contributed by atoms with Crippen molar-refractivity contribution >= 4 is 11.6 Å². The number of piperazine rings is 1. The number of rotatable bonds is 4. The molecule has 2 aliphatic rings. The molecule has 1 aliphatic heterocycles. The molecule has 18 heavy (non-hydrogen) atoms. The van der Waals surface area contributed by atoms with E-state index in [0.29, 0.717) is 5.92 Å². The van der Waals surface area contributed by atoms with Crippen LogP contribution in [0.4, 0.5) is 11.6 Å². The summed E-state index contributed by atoms with van der Waals surface area (Å²) in [6.45, 7) is 7.16. The van der Waals surface area contributed by atoms with Gasteiger partial charge in [-0.25, -0.2) is 9.97 Å². The average molecular weight is 247 g/mol. The molecule has 2 fully saturated rings. The van der Waals surface area contributed by atoms with Gasteiger partial charge in [-0.2, -0.15) is 0 Å². The van der Waals surface area contributed by atoms with Crippen LogP contribution in [0.2, 0.25) is 0 Å². The molecule has 0 aromatic carbocycles. The number of hydrogen-bond donors (Lipinski definition) is 2. The van der Waals surface area contributed by atoms with Gasteiger partial charge in [-0.3, -0.25) is 0 Å². The van der Waals surface area contributed by atoms with Gasteiger partial charge in [0.1, 0.15) is 17.5 Å². The van der Waals surface area contributed by atoms with Crippen LogP contribution in [0, 0.1) is 0 Å². The lowest BCUT2D eigenvalue weighted by atomic mass is 10.3. The third-order valence-electron chi connectivity index (χ3n) is 3.47. The Labute approximate surface area is 108 Å². The minimum absolute atomic E-state index is 0.602. The second-order valence-corrected chi connectivity index (χ2v) is 5.01. The zero-order valence-corrected chi connectivity index (χ0v) is 10.9. The second-order valence-electron chi connectivity index (χ2n) is 5.01. The number of aromatic nitrogens is 2. The van der Waals surface area contributed by atoms with Crippen LogP contribution in [0.3, 0.4) is 0 Å². The molecule has 2 heterocycles. The molecule has 1 aliphatic carbocycles. The molecule has 1 saturated carbocycles. The van der Waals surface area contributed by atoms with E-state index in [1.165, 1.54) is 12.8 Å². The SMILES string of the molecule is CCNc1cc(N2CCNCC2)nc(C2CC2)n1. The Hall–Kier alpha value is -1.36. The number of anilines is 2. The predicted octanol–water partition coefficient (Wildman–Crippen LogP) is 1.20. The molecule has 5 heteroatoms. The highest BCUT2D eigenvalue weighted by Crippen LogP contribution is 2.39. The van der Waals surface area contributed by atoms with Crippen LogP contribution in [0.25, 0.3) is 0 Å². The van der Waals surface area contributed by atoms with Gasteiger partial charge in [0.15, 0.2) is 0 Å². The maximum absolute atomic E-state index is 4.75. The van der Waals surface area contributed by atoms with E-state index in [1.54, 1.807) is 0 Å². The standard InChI is InChI=1S/C13H21N5/c1-2-15-11-9-12(18-7-5-14-6-8-18)17-13(16-11)10-3-4-10/h9-10,14H,2-8H2,1H3,(H,15,16,17). The summed E-state index contributed by atoms with van der Waals surface area (Å²) in [6, 6.07) is 2.08. The summed E-state index contributed by atoms with van der Waals surface area (Å²) in [5.41, 5.74) is 0. The Bertz CT molecular complexity index is 410. The minimum Gasteiger partial charge on any atom is -0.370 e. The van der Waals surface area contributed by atoms with E-state index >= 15 is 0 Å². The van der Waals surface area contributed by atoms with Gasteiger partial charge in [0.25, 0.3) is 0 Å². The van der Waals surface area contributed by atoms with Gasteiger partial charge in [0.05, 0.1) is 0 Å². The largest absolute Gasteiger partial charge is 0.370 e. The second kappa shape index (κ2) is 5.10. The first-order valence-electron chi connectivity index (χ1n) is 6.95. The molecular weight excluding hydrogens is 226 g/mol. The van der Waals surface area contributed by atoms with Gasteiger partial charge >= 0.3 is 0 Å². The van der Waals surface area contributed by atoms with Crippen LogP contribution in [0.5, 0.6) is 0 Å². The lowest BCUT2D eigenvalue weighted by Crippen LogP contribution is -2.44. The van der Waals surface area contributed by atoms with E-state index in [0.717, 1.165) is 50.2 Å². The molecule has 0 atom stereocenters. The van der Waals surface area contributed by atoms with Crippen molar-refractivity contribution < 1.29 is 0 Å². The zero-order chi connectivity index (χ0) is 12.4. The molecule has 2 N–H and O–H groups in total. The van der Waals surface area contributed by atoms with Gasteiger partial charge in [-0.05, 0) is 19.8 Å². The summed E-state index contributed by atoms with van der Waals surface area (Å²) in [7, 11) is 0. The van der Waals surface area contributed by atoms with Crippen LogP contribution in [-0.2, 0) is 0 Å². The first-order valence-corrected chi connectivity index (χ1v) is 6.95. The molecule has 0 bridgehead atoms. The molecule has 0 spiro atoms. The van der Waals surface area contributed by atoms with E-state index in [9.17, 15) is 0 Å². The quantitative estimate of drug-likeness (QED) is 0.837. The van der Waals surface area contributed by atoms with Crippen molar-refractivity contribution in [3.05, 3.63) is 11.9 Å². The predicted molar refractivity (Wildman–Crippen MR) is 73.3 cm³/mol. The molecule has 0 unspecified atom stereocenters. The van der Waals surface area contributed by atoms with E-state index in [2.05, 4.69) is 33.5 Å². The van der Waals surface area contributed by atoms with E-state index in [4.69, 9.17) is 4.98 Å². The first-order chi connectivity index (χ1) is 8.86. The number of nitrogens with one attached hydrogen (secondary N) is 2. The van der Waals surface area contributed by atoms with Gasteiger partial charge in [-0.15, -0.1) is 0 Å². The molecule has 3 rings (SSSR count). The zero-order valence-electron chi connectivity index (χ0n) is 10.9. The van der Waals surface area contributed by atoms with Gasteiger partial charge < -0.3 is 15.5 Å². The molecule has 5 nitrogen and oxygen atoms in total. The fourth-order valence-corrected chi connectivity index (χ4v) is 2.30. The van der Waals surface area contributed by atoms with Crippen molar-refractivity contribution in [3.63, 3.8) is 0 Å². The summed E-state index contributed by atoms with van der Waals surface area (Å²) in [4.78, 5) is 11.7. The lowest BCUT2D eigenvalue weighted by molar-refractivity contribution is 0.583. The summed E-state index contributed by atoms with van der Waals surface area (Å²) >= 11 is 0. The summed E-state index contributed by atoms with van der Waals surface area (Å²) < 4.78 is 0. The van der Waals surface area contributed by atoms with Gasteiger partial charge in [0.2, 0.25) is 0 Å². The highest BCUT2D eigenvalue weighted by atomic mass is 15.2. The van der Waals surface area contributed by atoms with Crippen molar-refractivity contribution in [1.82, 2.24) is 15.3 Å². The fraction of sp³-hybridized carbons (Fsp3) is 0.692. The Morgan fingerprint density at radius 3 is 2.78 bits per heavy atom. The van der Waals surface area contributed by atoms with Crippen molar-refractivity contribution in [1.29, 1.82) is 0 Å². The maximum atomic E-state index is 4.75. The monoisotopic (exact) mass is 247 g/mol. The molecular formula is C13H21N5. The Morgan fingerprint density at radius 1 is 1.33 bits per heavy atom. The number of hydrogen-bond acceptors (Lipinski definition) is 5. The molecule has 0 radical (unpaired) electrons. The topological polar surface area (TPSA) is 53.1 Å². The van der Waals surface area contributed by atoms with Crippen LogP contribution < -0.4 is 15.5 Å². The average Bonchev–Trinajstić information content (AvgIpc) is 3.24. The van der Waals surface area contributed by atoms with Crippen LogP contribution >= 0.6 is 0 Å². The smallest absolute Gasteiger partial charge is 0.136 e. The molecule has 98 valence electrons. The van der Waals surface area contributed by atoms with Crippen LogP contribution in [-0.4, -0.2) is 42.7 Å². The van der Waals surface area contributed by atoms with Crippen molar-refractivity contribution in [2.24, 2.45) is 0 Å². The third-order valence-corrected chi connectivity index (χ3v) is 3.47. The third kappa shape index (κ3) is 2.56. The Morgan fingerprint density at radius 2 is 2.11 bits per heavy atom. The highest BCUT2D eigenvalue weighted by molar-refractivity contribution is 5.50. The van der Waals surface area contributed by atoms with Crippen molar-refractivity contribution in [2.45, 2.75) is 25.7 Å². The van der Waals surface area contributed by atoms with Gasteiger partial charge in [-0.1, -0.05) is 0 Å². The normalized spacial score (nSPS) is 19.9. The van der Waals surface area contributed by atoms with Gasteiger partial charge in [0, 0.05) is 44.7 Å². The first kappa shape index (κ1) is 11.7. The molecule has 0 amide bonds. The van der Waals surface area contributed by atoms with Crippen LogP contribution in [0.15, 0.2) is 6.07 Å². The van der Waals surface area contributed by atoms with E-state index < -0.39 is 0 Å². The summed E-state index contributed by atoms with van der Waals surface area (Å²) in [5.74, 6) is 3.69. The Kier molecular flexibility index (Phi) is 3.32. The molecule has 1 aromatic rings. The minimum atomic E-state index is 0.602. The van der Waals surface area contributed by atoms with Crippen LogP contribution in [0.1, 0.15) is 31.5 Å². The van der Waals surface area contributed by atoms with Crippen molar-refractivity contribution in [2.75, 3.05) is 42.9 Å². The summed E-state index contributed by atoms with van der Waals surface area (Å²) in [6.07, 6.45) is 2.49. The molecule has 1 aromatic heterocycles. The maximum Gasteiger partial charge on any atom is 0.136 e. The fourth-order valence-electron chi connectivity index (χ4n) is 2.30. The number of nitrogens with zero attached hydrogens (tertiary/aromatic N) is 3. The highest BCUT2D eigenvalue weighted by Gasteiger charge is 2.28. The van der Waals surface area contributed by atoms with Crippen molar-refractivity contribution in [3.8, 4) is 0 Å².